The van der Waals surface area contributed by atoms with E-state index in [9.17, 15) is 9.90 Å². The van der Waals surface area contributed by atoms with Gasteiger partial charge in [0.15, 0.2) is 0 Å². The fourth-order valence-corrected chi connectivity index (χ4v) is 3.19. The molecule has 0 bridgehead atoms. The summed E-state index contributed by atoms with van der Waals surface area (Å²) < 4.78 is 0. The van der Waals surface area contributed by atoms with Crippen molar-refractivity contribution in [1.82, 2.24) is 9.80 Å². The molecule has 4 nitrogen and oxygen atoms in total. The van der Waals surface area contributed by atoms with Crippen LogP contribution in [-0.4, -0.2) is 52.6 Å². The van der Waals surface area contributed by atoms with Crippen LogP contribution in [0.2, 0.25) is 0 Å². The van der Waals surface area contributed by atoms with Gasteiger partial charge in [-0.1, -0.05) is 30.3 Å². The first-order valence-corrected chi connectivity index (χ1v) is 8.58. The first-order chi connectivity index (χ1) is 10.9. The minimum Gasteiger partial charge on any atom is -0.396 e. The molecule has 1 fully saturated rings. The fraction of sp³-hybridized carbons (Fsp3) is 0.632. The van der Waals surface area contributed by atoms with Crippen LogP contribution in [0.4, 0.5) is 0 Å². The normalized spacial score (nSPS) is 19.6. The van der Waals surface area contributed by atoms with Gasteiger partial charge in [0, 0.05) is 25.2 Å². The Balaban J connectivity index is 2.02. The highest BCUT2D eigenvalue weighted by molar-refractivity contribution is 5.79. The van der Waals surface area contributed by atoms with Crippen molar-refractivity contribution in [2.75, 3.05) is 26.2 Å². The fourth-order valence-electron chi connectivity index (χ4n) is 3.19. The Hall–Kier alpha value is -1.39. The van der Waals surface area contributed by atoms with Gasteiger partial charge in [-0.15, -0.1) is 0 Å². The smallest absolute Gasteiger partial charge is 0.237 e. The van der Waals surface area contributed by atoms with Crippen molar-refractivity contribution < 1.29 is 9.90 Å². The van der Waals surface area contributed by atoms with E-state index in [4.69, 9.17) is 0 Å². The molecule has 1 heterocycles. The third kappa shape index (κ3) is 5.33. The van der Waals surface area contributed by atoms with E-state index in [0.29, 0.717) is 19.0 Å². The lowest BCUT2D eigenvalue weighted by atomic mass is 9.99. The second-order valence-corrected chi connectivity index (χ2v) is 7.56. The molecule has 1 saturated heterocycles. The van der Waals surface area contributed by atoms with Crippen LogP contribution in [0.3, 0.4) is 0 Å². The Morgan fingerprint density at radius 2 is 2.00 bits per heavy atom. The maximum Gasteiger partial charge on any atom is 0.237 e. The van der Waals surface area contributed by atoms with Crippen molar-refractivity contribution in [3.05, 3.63) is 35.9 Å². The minimum atomic E-state index is -0.209. The van der Waals surface area contributed by atoms with Crippen LogP contribution in [0, 0.1) is 5.92 Å². The molecule has 23 heavy (non-hydrogen) atoms. The summed E-state index contributed by atoms with van der Waals surface area (Å²) in [7, 11) is 0. The van der Waals surface area contributed by atoms with E-state index in [1.54, 1.807) is 0 Å². The van der Waals surface area contributed by atoms with E-state index >= 15 is 0 Å². The van der Waals surface area contributed by atoms with Crippen LogP contribution in [0.15, 0.2) is 30.3 Å². The number of carbonyl (C=O) groups is 1. The van der Waals surface area contributed by atoms with Crippen molar-refractivity contribution in [3.8, 4) is 0 Å². The first kappa shape index (κ1) is 18.0. The lowest BCUT2D eigenvalue weighted by Gasteiger charge is -2.39. The average Bonchev–Trinajstić information content (AvgIpc) is 2.52. The molecule has 4 heteroatoms. The van der Waals surface area contributed by atoms with Crippen molar-refractivity contribution in [3.63, 3.8) is 0 Å². The number of hydrogen-bond donors (Lipinski definition) is 1. The number of likely N-dealkylation sites (tertiary alicyclic amines) is 1. The third-order valence-corrected chi connectivity index (χ3v) is 4.51. The molecule has 1 unspecified atom stereocenters. The molecule has 0 spiro atoms. The molecule has 0 radical (unpaired) electrons. The van der Waals surface area contributed by atoms with E-state index in [0.717, 1.165) is 31.5 Å². The molecule has 0 aliphatic carbocycles. The number of hydrogen-bond acceptors (Lipinski definition) is 3. The Labute approximate surface area is 140 Å². The maximum absolute atomic E-state index is 12.9. The average molecular weight is 318 g/mol. The molecule has 0 saturated carbocycles. The van der Waals surface area contributed by atoms with Gasteiger partial charge in [-0.05, 0) is 51.6 Å². The molecule has 0 aromatic heterocycles. The van der Waals surface area contributed by atoms with Gasteiger partial charge in [-0.2, -0.15) is 0 Å². The highest BCUT2D eigenvalue weighted by Crippen LogP contribution is 2.20. The zero-order valence-electron chi connectivity index (χ0n) is 14.7. The van der Waals surface area contributed by atoms with Gasteiger partial charge >= 0.3 is 0 Å². The van der Waals surface area contributed by atoms with E-state index in [1.807, 2.05) is 23.1 Å². The topological polar surface area (TPSA) is 43.8 Å². The molecular weight excluding hydrogens is 288 g/mol. The maximum atomic E-state index is 12.9. The quantitative estimate of drug-likeness (QED) is 0.907. The Bertz CT molecular complexity index is 496. The van der Waals surface area contributed by atoms with E-state index in [1.165, 1.54) is 0 Å². The van der Waals surface area contributed by atoms with Crippen LogP contribution in [0.25, 0.3) is 0 Å². The van der Waals surface area contributed by atoms with Gasteiger partial charge in [-0.3, -0.25) is 9.69 Å². The molecule has 1 N–H and O–H groups in total. The van der Waals surface area contributed by atoms with Crippen LogP contribution in [0.1, 0.15) is 39.2 Å². The van der Waals surface area contributed by atoms with Crippen molar-refractivity contribution in [2.24, 2.45) is 5.92 Å². The van der Waals surface area contributed by atoms with E-state index in [2.05, 4.69) is 37.8 Å². The molecule has 1 aromatic rings. The third-order valence-electron chi connectivity index (χ3n) is 4.51. The second-order valence-electron chi connectivity index (χ2n) is 7.56. The number of benzene rings is 1. The monoisotopic (exact) mass is 318 g/mol. The van der Waals surface area contributed by atoms with Gasteiger partial charge in [0.05, 0.1) is 6.54 Å². The summed E-state index contributed by atoms with van der Waals surface area (Å²) in [5.41, 5.74) is 0.946. The predicted octanol–water partition coefficient (Wildman–Crippen LogP) is 2.52. The summed E-state index contributed by atoms with van der Waals surface area (Å²) in [5, 5.41) is 9.35. The molecular formula is C19H30N2O2. The van der Waals surface area contributed by atoms with E-state index in [-0.39, 0.29) is 18.1 Å². The number of carbonyl (C=O) groups excluding carboxylic acids is 1. The number of nitrogens with zero attached hydrogens (tertiary/aromatic N) is 2. The summed E-state index contributed by atoms with van der Waals surface area (Å²) >= 11 is 0. The lowest BCUT2D eigenvalue weighted by molar-refractivity contribution is -0.138. The molecule has 1 atom stereocenters. The predicted molar refractivity (Wildman–Crippen MR) is 93.0 cm³/mol. The minimum absolute atomic E-state index is 0.167. The molecule has 1 aliphatic rings. The van der Waals surface area contributed by atoms with Crippen LogP contribution >= 0.6 is 0 Å². The zero-order valence-corrected chi connectivity index (χ0v) is 14.7. The standard InChI is InChI=1S/C19H30N2O2/c1-19(2,3)21(13-16-8-5-4-6-9-16)18(23)14-20-11-7-10-17(12-20)15-22/h4-6,8-9,17,22H,7,10-15H2,1-3H3. The summed E-state index contributed by atoms with van der Waals surface area (Å²) in [6, 6.07) is 10.1. The summed E-state index contributed by atoms with van der Waals surface area (Å²) in [5.74, 6) is 0.480. The summed E-state index contributed by atoms with van der Waals surface area (Å²) in [6.45, 7) is 9.33. The van der Waals surface area contributed by atoms with Gasteiger partial charge < -0.3 is 10.0 Å². The SMILES string of the molecule is CC(C)(C)N(Cc1ccccc1)C(=O)CN1CCCC(CO)C1. The second kappa shape index (κ2) is 7.93. The molecule has 1 aliphatic heterocycles. The van der Waals surface area contributed by atoms with Crippen LogP contribution in [-0.2, 0) is 11.3 Å². The van der Waals surface area contributed by atoms with Crippen molar-refractivity contribution >= 4 is 5.91 Å². The summed E-state index contributed by atoms with van der Waals surface area (Å²) in [6.07, 6.45) is 2.13. The van der Waals surface area contributed by atoms with Gasteiger partial charge in [0.2, 0.25) is 5.91 Å². The number of piperidine rings is 1. The zero-order chi connectivity index (χ0) is 16.9. The lowest BCUT2D eigenvalue weighted by Crippen LogP contribution is -2.50. The van der Waals surface area contributed by atoms with E-state index < -0.39 is 0 Å². The van der Waals surface area contributed by atoms with Crippen molar-refractivity contribution in [1.29, 1.82) is 0 Å². The van der Waals surface area contributed by atoms with Crippen molar-refractivity contribution in [2.45, 2.75) is 45.7 Å². The van der Waals surface area contributed by atoms with Gasteiger partial charge in [-0.25, -0.2) is 0 Å². The molecule has 128 valence electrons. The number of aliphatic hydroxyl groups excluding tert-OH is 1. The Kier molecular flexibility index (Phi) is 6.19. The first-order valence-electron chi connectivity index (χ1n) is 8.58. The number of aliphatic hydroxyl groups is 1. The largest absolute Gasteiger partial charge is 0.396 e. The number of amides is 1. The Morgan fingerprint density at radius 1 is 1.30 bits per heavy atom. The molecule has 1 aromatic carbocycles. The number of rotatable bonds is 5. The summed E-state index contributed by atoms with van der Waals surface area (Å²) in [4.78, 5) is 17.0. The van der Waals surface area contributed by atoms with Crippen LogP contribution < -0.4 is 0 Å². The van der Waals surface area contributed by atoms with Gasteiger partial charge in [0.1, 0.15) is 0 Å². The highest BCUT2D eigenvalue weighted by atomic mass is 16.3. The molecule has 2 rings (SSSR count). The van der Waals surface area contributed by atoms with Crippen LogP contribution in [0.5, 0.6) is 0 Å². The van der Waals surface area contributed by atoms with Gasteiger partial charge in [0.25, 0.3) is 0 Å². The molecule has 1 amide bonds. The Morgan fingerprint density at radius 3 is 2.61 bits per heavy atom. The highest BCUT2D eigenvalue weighted by Gasteiger charge is 2.29.